The third-order valence-corrected chi connectivity index (χ3v) is 9.72. The zero-order valence-corrected chi connectivity index (χ0v) is 29.7. The second-order valence-corrected chi connectivity index (χ2v) is 13.3. The van der Waals surface area contributed by atoms with Crippen LogP contribution >= 0.6 is 23.2 Å². The van der Waals surface area contributed by atoms with E-state index in [4.69, 9.17) is 42.4 Å². The van der Waals surface area contributed by atoms with Crippen LogP contribution in [0.4, 0.5) is 5.95 Å². The molecule has 2 atom stereocenters. The van der Waals surface area contributed by atoms with Crippen molar-refractivity contribution in [3.05, 3.63) is 63.5 Å². The number of halogens is 2. The van der Waals surface area contributed by atoms with Crippen molar-refractivity contribution in [2.45, 2.75) is 31.8 Å². The molecule has 1 aromatic carbocycles. The number of methoxy groups -OCH3 is 2. The summed E-state index contributed by atoms with van der Waals surface area (Å²) in [6.45, 7) is 6.56. The lowest BCUT2D eigenvalue weighted by molar-refractivity contribution is -0.127. The van der Waals surface area contributed by atoms with Crippen molar-refractivity contribution in [3.8, 4) is 22.6 Å². The Morgan fingerprint density at radius 2 is 1.82 bits per heavy atom. The Morgan fingerprint density at radius 1 is 1.12 bits per heavy atom. The van der Waals surface area contributed by atoms with Gasteiger partial charge in [0, 0.05) is 67.8 Å². The molecule has 3 aromatic rings. The van der Waals surface area contributed by atoms with E-state index in [9.17, 15) is 14.4 Å². The predicted molar refractivity (Wildman–Crippen MR) is 191 cm³/mol. The summed E-state index contributed by atoms with van der Waals surface area (Å²) >= 11 is 13.6. The number of fused-ring (bicyclic) bond motifs is 1. The maximum absolute atomic E-state index is 14.5. The standard InChI is InChI=1S/C35H42Cl2N6O6/c1-6-24(44)14-23-19-49-20-26(23)39-35-38-17-22-15-25(30-31(36)27(47-4)16-28(48-5)32(30)37)34(46)43(33(22)40-35)18-21-9-12-42(13-10-21)29(45)8-7-11-41(2)3/h6-8,15-17,21,23,26H,1,9-14,18-20H2,2-5H3,(H,38,39,40)/b8-7+. The quantitative estimate of drug-likeness (QED) is 0.249. The van der Waals surface area contributed by atoms with Crippen molar-refractivity contribution >= 4 is 51.9 Å². The van der Waals surface area contributed by atoms with Crippen LogP contribution in [-0.4, -0.2) is 103 Å². The van der Waals surface area contributed by atoms with E-state index in [1.807, 2.05) is 30.0 Å². The maximum atomic E-state index is 14.5. The van der Waals surface area contributed by atoms with Crippen LogP contribution in [0, 0.1) is 11.8 Å². The molecule has 2 aromatic heterocycles. The number of hydrogen-bond donors (Lipinski definition) is 1. The van der Waals surface area contributed by atoms with E-state index < -0.39 is 0 Å². The lowest BCUT2D eigenvalue weighted by atomic mass is 9.96. The molecule has 2 fully saturated rings. The monoisotopic (exact) mass is 712 g/mol. The van der Waals surface area contributed by atoms with Gasteiger partial charge in [0.25, 0.3) is 5.56 Å². The number of likely N-dealkylation sites (tertiary alicyclic amines) is 1. The molecule has 0 radical (unpaired) electrons. The number of nitrogens with zero attached hydrogens (tertiary/aromatic N) is 5. The van der Waals surface area contributed by atoms with Gasteiger partial charge in [-0.2, -0.15) is 4.98 Å². The average molecular weight is 714 g/mol. The van der Waals surface area contributed by atoms with Crippen molar-refractivity contribution in [2.75, 3.05) is 66.5 Å². The average Bonchev–Trinajstić information content (AvgIpc) is 3.52. The van der Waals surface area contributed by atoms with Gasteiger partial charge in [-0.15, -0.1) is 0 Å². The molecule has 12 nitrogen and oxygen atoms in total. The second-order valence-electron chi connectivity index (χ2n) is 12.6. The first-order valence-electron chi connectivity index (χ1n) is 16.1. The number of amides is 1. The number of nitrogens with one attached hydrogen (secondary N) is 1. The number of likely N-dealkylation sites (N-methyl/N-ethyl adjacent to an activating group) is 1. The van der Waals surface area contributed by atoms with Gasteiger partial charge >= 0.3 is 0 Å². The van der Waals surface area contributed by atoms with Crippen LogP contribution in [0.25, 0.3) is 22.2 Å². The number of hydrogen-bond acceptors (Lipinski definition) is 10. The van der Waals surface area contributed by atoms with E-state index in [-0.39, 0.29) is 56.3 Å². The van der Waals surface area contributed by atoms with E-state index in [0.29, 0.717) is 87.1 Å². The van der Waals surface area contributed by atoms with Crippen LogP contribution in [0.5, 0.6) is 11.5 Å². The highest BCUT2D eigenvalue weighted by molar-refractivity contribution is 6.41. The van der Waals surface area contributed by atoms with Gasteiger partial charge in [0.15, 0.2) is 5.78 Å². The molecule has 49 heavy (non-hydrogen) atoms. The van der Waals surface area contributed by atoms with Crippen LogP contribution in [0.1, 0.15) is 19.3 Å². The number of anilines is 1. The first-order chi connectivity index (χ1) is 23.5. The number of benzene rings is 1. The molecule has 0 spiro atoms. The van der Waals surface area contributed by atoms with Gasteiger partial charge in [-0.1, -0.05) is 35.9 Å². The van der Waals surface area contributed by atoms with Gasteiger partial charge < -0.3 is 29.3 Å². The zero-order valence-electron chi connectivity index (χ0n) is 28.2. The van der Waals surface area contributed by atoms with Gasteiger partial charge in [0.2, 0.25) is 11.9 Å². The van der Waals surface area contributed by atoms with Gasteiger partial charge in [-0.05, 0) is 45.0 Å². The molecule has 14 heteroatoms. The van der Waals surface area contributed by atoms with Gasteiger partial charge in [-0.25, -0.2) is 4.98 Å². The number of rotatable bonds is 13. The van der Waals surface area contributed by atoms with E-state index >= 15 is 0 Å². The van der Waals surface area contributed by atoms with Gasteiger partial charge in [0.1, 0.15) is 17.1 Å². The second kappa shape index (κ2) is 16.2. The summed E-state index contributed by atoms with van der Waals surface area (Å²) in [6, 6.07) is 3.05. The summed E-state index contributed by atoms with van der Waals surface area (Å²) in [4.78, 5) is 52.6. The topological polar surface area (TPSA) is 128 Å². The van der Waals surface area contributed by atoms with Gasteiger partial charge in [0.05, 0.1) is 49.1 Å². The smallest absolute Gasteiger partial charge is 0.260 e. The van der Waals surface area contributed by atoms with Crippen molar-refractivity contribution in [2.24, 2.45) is 11.8 Å². The largest absolute Gasteiger partial charge is 0.495 e. The van der Waals surface area contributed by atoms with Crippen molar-refractivity contribution in [3.63, 3.8) is 0 Å². The zero-order chi connectivity index (χ0) is 35.2. The summed E-state index contributed by atoms with van der Waals surface area (Å²) in [5, 5.41) is 4.26. The SMILES string of the molecule is C=CC(=O)CC1COCC1Nc1ncc2cc(-c3c(Cl)c(OC)cc(OC)c3Cl)c(=O)n(CC3CCN(C(=O)/C=C/CN(C)C)CC3)c2n1. The Bertz CT molecular complexity index is 1780. The number of ether oxygens (including phenoxy) is 3. The molecule has 0 saturated carbocycles. The molecule has 1 amide bonds. The Kier molecular flexibility index (Phi) is 12.0. The fourth-order valence-electron chi connectivity index (χ4n) is 6.23. The van der Waals surface area contributed by atoms with Crippen LogP contribution in [0.3, 0.4) is 0 Å². The Labute approximate surface area is 295 Å². The molecule has 4 heterocycles. The highest BCUT2D eigenvalue weighted by atomic mass is 35.5. The fourth-order valence-corrected chi connectivity index (χ4v) is 6.93. The summed E-state index contributed by atoms with van der Waals surface area (Å²) < 4.78 is 18.3. The molecule has 2 aliphatic rings. The first-order valence-corrected chi connectivity index (χ1v) is 16.9. The highest BCUT2D eigenvalue weighted by Crippen LogP contribution is 2.45. The number of aromatic nitrogens is 3. The molecule has 262 valence electrons. The number of carbonyl (C=O) groups is 2. The molecule has 5 rings (SSSR count). The van der Waals surface area contributed by atoms with Crippen molar-refractivity contribution in [1.29, 1.82) is 0 Å². The number of ketones is 1. The number of piperidine rings is 1. The minimum absolute atomic E-state index is 0.0198. The molecule has 2 saturated heterocycles. The minimum atomic E-state index is -0.347. The fraction of sp³-hybridized carbons (Fsp3) is 0.457. The van der Waals surface area contributed by atoms with Crippen LogP contribution in [-0.2, 0) is 20.9 Å². The Hall–Kier alpha value is -3.97. The highest BCUT2D eigenvalue weighted by Gasteiger charge is 2.31. The van der Waals surface area contributed by atoms with Crippen molar-refractivity contribution < 1.29 is 23.8 Å². The van der Waals surface area contributed by atoms with Crippen LogP contribution in [0.15, 0.2) is 47.9 Å². The molecular weight excluding hydrogens is 671 g/mol. The number of pyridine rings is 1. The van der Waals surface area contributed by atoms with E-state index in [2.05, 4.69) is 16.9 Å². The molecule has 2 aliphatic heterocycles. The van der Waals surface area contributed by atoms with Gasteiger partial charge in [-0.3, -0.25) is 19.0 Å². The molecule has 2 unspecified atom stereocenters. The Morgan fingerprint density at radius 3 is 2.45 bits per heavy atom. The molecule has 1 N–H and O–H groups in total. The molecular formula is C35H42Cl2N6O6. The van der Waals surface area contributed by atoms with E-state index in [0.717, 1.165) is 0 Å². The Balaban J connectivity index is 1.52. The van der Waals surface area contributed by atoms with E-state index in [1.54, 1.807) is 29.0 Å². The first kappa shape index (κ1) is 36.3. The lowest BCUT2D eigenvalue weighted by Crippen LogP contribution is -2.39. The normalized spacial score (nSPS) is 18.4. The van der Waals surface area contributed by atoms with E-state index in [1.165, 1.54) is 20.3 Å². The summed E-state index contributed by atoms with van der Waals surface area (Å²) in [5.41, 5.74) is 0.608. The summed E-state index contributed by atoms with van der Waals surface area (Å²) in [6.07, 6.45) is 8.14. The summed E-state index contributed by atoms with van der Waals surface area (Å²) in [5.74, 6) is 0.844. The number of allylic oxidation sites excluding steroid dienone is 1. The van der Waals surface area contributed by atoms with Crippen LogP contribution in [0.2, 0.25) is 10.0 Å². The van der Waals surface area contributed by atoms with Crippen molar-refractivity contribution in [1.82, 2.24) is 24.3 Å². The van der Waals surface area contributed by atoms with Crippen LogP contribution < -0.4 is 20.3 Å². The number of carbonyl (C=O) groups excluding carboxylic acids is 2. The molecule has 0 bridgehead atoms. The lowest BCUT2D eigenvalue weighted by Gasteiger charge is -2.32. The third-order valence-electron chi connectivity index (χ3n) is 8.97. The minimum Gasteiger partial charge on any atom is -0.495 e. The summed E-state index contributed by atoms with van der Waals surface area (Å²) in [7, 11) is 6.84. The predicted octanol–water partition coefficient (Wildman–Crippen LogP) is 4.71. The maximum Gasteiger partial charge on any atom is 0.260 e. The molecule has 0 aliphatic carbocycles. The third kappa shape index (κ3) is 8.26.